The predicted octanol–water partition coefficient (Wildman–Crippen LogP) is 2.24. The van der Waals surface area contributed by atoms with Crippen LogP contribution in [-0.2, 0) is 4.79 Å². The van der Waals surface area contributed by atoms with Crippen molar-refractivity contribution in [1.29, 1.82) is 5.26 Å². The fourth-order valence-corrected chi connectivity index (χ4v) is 4.02. The van der Waals surface area contributed by atoms with Crippen molar-refractivity contribution in [3.63, 3.8) is 0 Å². The lowest BCUT2D eigenvalue weighted by Crippen LogP contribution is -2.42. The van der Waals surface area contributed by atoms with E-state index in [-0.39, 0.29) is 11.9 Å². The van der Waals surface area contributed by atoms with Crippen molar-refractivity contribution < 1.29 is 4.79 Å². The molecule has 2 aliphatic heterocycles. The third kappa shape index (κ3) is 3.35. The lowest BCUT2D eigenvalue weighted by molar-refractivity contribution is -0.132. The Kier molecular flexibility index (Phi) is 4.72. The highest BCUT2D eigenvalue weighted by Gasteiger charge is 2.31. The summed E-state index contributed by atoms with van der Waals surface area (Å²) in [6.45, 7) is 2.87. The molecule has 2 atom stereocenters. The predicted molar refractivity (Wildman–Crippen MR) is 101 cm³/mol. The SMILES string of the molecule is N#C[C@@H]1CCCN1C(=O)CN1CC[C@@H](Nc2cccc3ncccc23)C1. The molecule has 2 fully saturated rings. The average Bonchev–Trinajstić information content (AvgIpc) is 3.31. The van der Waals surface area contributed by atoms with E-state index in [1.807, 2.05) is 24.4 Å². The fourth-order valence-electron chi connectivity index (χ4n) is 4.02. The van der Waals surface area contributed by atoms with E-state index >= 15 is 0 Å². The van der Waals surface area contributed by atoms with Crippen molar-refractivity contribution in [2.24, 2.45) is 0 Å². The van der Waals surface area contributed by atoms with Crippen molar-refractivity contribution in [3.05, 3.63) is 36.5 Å². The number of pyridine rings is 1. The molecule has 0 aliphatic carbocycles. The summed E-state index contributed by atoms with van der Waals surface area (Å²) in [5, 5.41) is 13.9. The van der Waals surface area contributed by atoms with Crippen LogP contribution in [0.4, 0.5) is 5.69 Å². The van der Waals surface area contributed by atoms with Crippen molar-refractivity contribution in [1.82, 2.24) is 14.8 Å². The van der Waals surface area contributed by atoms with Gasteiger partial charge in [-0.2, -0.15) is 5.26 Å². The van der Waals surface area contributed by atoms with Gasteiger partial charge in [0.25, 0.3) is 0 Å². The van der Waals surface area contributed by atoms with Crippen LogP contribution in [0.2, 0.25) is 0 Å². The van der Waals surface area contributed by atoms with Gasteiger partial charge in [0.1, 0.15) is 6.04 Å². The molecule has 0 bridgehead atoms. The van der Waals surface area contributed by atoms with Gasteiger partial charge in [0, 0.05) is 42.9 Å². The van der Waals surface area contributed by atoms with Gasteiger partial charge in [0.05, 0.1) is 18.1 Å². The first-order valence-electron chi connectivity index (χ1n) is 9.26. The van der Waals surface area contributed by atoms with E-state index in [1.165, 1.54) is 0 Å². The molecule has 4 rings (SSSR count). The molecule has 6 nitrogen and oxygen atoms in total. The van der Waals surface area contributed by atoms with Crippen LogP contribution in [0.3, 0.4) is 0 Å². The summed E-state index contributed by atoms with van der Waals surface area (Å²) in [6, 6.07) is 12.5. The van der Waals surface area contributed by atoms with E-state index in [9.17, 15) is 4.79 Å². The Labute approximate surface area is 153 Å². The highest BCUT2D eigenvalue weighted by Crippen LogP contribution is 2.24. The van der Waals surface area contributed by atoms with E-state index < -0.39 is 0 Å². The minimum atomic E-state index is -0.234. The van der Waals surface area contributed by atoms with E-state index in [0.29, 0.717) is 12.6 Å². The molecule has 26 heavy (non-hydrogen) atoms. The average molecular weight is 349 g/mol. The number of carbonyl (C=O) groups excluding carboxylic acids is 1. The largest absolute Gasteiger partial charge is 0.380 e. The van der Waals surface area contributed by atoms with Gasteiger partial charge in [-0.3, -0.25) is 14.7 Å². The molecule has 6 heteroatoms. The highest BCUT2D eigenvalue weighted by molar-refractivity contribution is 5.91. The quantitative estimate of drug-likeness (QED) is 0.916. The Morgan fingerprint density at radius 2 is 2.19 bits per heavy atom. The molecule has 1 aromatic carbocycles. The number of nitrogens with one attached hydrogen (secondary N) is 1. The van der Waals surface area contributed by atoms with Crippen LogP contribution < -0.4 is 5.32 Å². The van der Waals surface area contributed by atoms with E-state index in [2.05, 4.69) is 33.4 Å². The molecular weight excluding hydrogens is 326 g/mol. The molecule has 134 valence electrons. The molecule has 0 saturated carbocycles. The number of likely N-dealkylation sites (tertiary alicyclic amines) is 2. The normalized spacial score (nSPS) is 23.3. The van der Waals surface area contributed by atoms with Crippen molar-refractivity contribution >= 4 is 22.5 Å². The number of hydrogen-bond donors (Lipinski definition) is 1. The van der Waals surface area contributed by atoms with Gasteiger partial charge < -0.3 is 10.2 Å². The molecule has 2 aliphatic rings. The molecule has 0 spiro atoms. The zero-order chi connectivity index (χ0) is 17.9. The molecule has 2 aromatic rings. The first-order chi connectivity index (χ1) is 12.7. The van der Waals surface area contributed by atoms with E-state index in [4.69, 9.17) is 5.26 Å². The van der Waals surface area contributed by atoms with Crippen molar-refractivity contribution in [2.75, 3.05) is 31.5 Å². The lowest BCUT2D eigenvalue weighted by Gasteiger charge is -2.23. The number of hydrogen-bond acceptors (Lipinski definition) is 5. The fraction of sp³-hybridized carbons (Fsp3) is 0.450. The zero-order valence-corrected chi connectivity index (χ0v) is 14.8. The van der Waals surface area contributed by atoms with Crippen LogP contribution >= 0.6 is 0 Å². The maximum absolute atomic E-state index is 12.5. The summed E-state index contributed by atoms with van der Waals surface area (Å²) in [5.41, 5.74) is 2.08. The Morgan fingerprint density at radius 3 is 3.08 bits per heavy atom. The van der Waals surface area contributed by atoms with E-state index in [1.54, 1.807) is 4.90 Å². The standard InChI is InChI=1S/C20H23N5O/c21-12-16-4-3-10-25(16)20(26)14-24-11-8-15(13-24)23-19-7-1-6-18-17(19)5-2-9-22-18/h1-2,5-7,9,15-16,23H,3-4,8,10-11,13-14H2/t15-,16+/m1/s1. The number of benzene rings is 1. The van der Waals surface area contributed by atoms with Crippen LogP contribution in [0.25, 0.3) is 10.9 Å². The molecular formula is C20H23N5O. The van der Waals surface area contributed by atoms with Gasteiger partial charge in [-0.25, -0.2) is 0 Å². The first kappa shape index (κ1) is 16.8. The second kappa shape index (κ2) is 7.30. The minimum absolute atomic E-state index is 0.0871. The topological polar surface area (TPSA) is 72.3 Å². The maximum atomic E-state index is 12.5. The summed E-state index contributed by atoms with van der Waals surface area (Å²) in [4.78, 5) is 20.9. The number of nitriles is 1. The number of aromatic nitrogens is 1. The monoisotopic (exact) mass is 349 g/mol. The summed E-state index contributed by atoms with van der Waals surface area (Å²) in [7, 11) is 0. The number of rotatable bonds is 4. The van der Waals surface area contributed by atoms with Crippen LogP contribution in [0.1, 0.15) is 19.3 Å². The summed E-state index contributed by atoms with van der Waals surface area (Å²) in [6.07, 6.45) is 4.55. The molecule has 0 unspecified atom stereocenters. The maximum Gasteiger partial charge on any atom is 0.237 e. The Hall–Kier alpha value is -2.65. The van der Waals surface area contributed by atoms with Gasteiger partial charge in [0.15, 0.2) is 0 Å². The Morgan fingerprint density at radius 1 is 1.27 bits per heavy atom. The molecule has 3 heterocycles. The van der Waals surface area contributed by atoms with Gasteiger partial charge in [0.2, 0.25) is 5.91 Å². The molecule has 1 amide bonds. The Balaban J connectivity index is 1.37. The summed E-state index contributed by atoms with van der Waals surface area (Å²) >= 11 is 0. The van der Waals surface area contributed by atoms with Gasteiger partial charge in [-0.15, -0.1) is 0 Å². The summed E-state index contributed by atoms with van der Waals surface area (Å²) < 4.78 is 0. The first-order valence-corrected chi connectivity index (χ1v) is 9.26. The minimum Gasteiger partial charge on any atom is -0.380 e. The summed E-state index contributed by atoms with van der Waals surface area (Å²) in [5.74, 6) is 0.0871. The van der Waals surface area contributed by atoms with Gasteiger partial charge in [-0.1, -0.05) is 6.07 Å². The molecule has 0 radical (unpaired) electrons. The van der Waals surface area contributed by atoms with Crippen molar-refractivity contribution in [2.45, 2.75) is 31.3 Å². The lowest BCUT2D eigenvalue weighted by atomic mass is 10.1. The molecule has 2 saturated heterocycles. The number of amides is 1. The number of fused-ring (bicyclic) bond motifs is 1. The van der Waals surface area contributed by atoms with Crippen LogP contribution in [0, 0.1) is 11.3 Å². The number of anilines is 1. The second-order valence-electron chi connectivity index (χ2n) is 7.11. The Bertz CT molecular complexity index is 840. The highest BCUT2D eigenvalue weighted by atomic mass is 16.2. The molecule has 1 aromatic heterocycles. The third-order valence-electron chi connectivity index (χ3n) is 5.36. The van der Waals surface area contributed by atoms with Gasteiger partial charge >= 0.3 is 0 Å². The zero-order valence-electron chi connectivity index (χ0n) is 14.8. The van der Waals surface area contributed by atoms with Crippen LogP contribution in [-0.4, -0.2) is 59.0 Å². The third-order valence-corrected chi connectivity index (χ3v) is 5.36. The smallest absolute Gasteiger partial charge is 0.237 e. The van der Waals surface area contributed by atoms with Crippen LogP contribution in [0.15, 0.2) is 36.5 Å². The van der Waals surface area contributed by atoms with Crippen LogP contribution in [0.5, 0.6) is 0 Å². The number of nitrogens with zero attached hydrogens (tertiary/aromatic N) is 4. The molecule has 1 N–H and O–H groups in total. The second-order valence-corrected chi connectivity index (χ2v) is 7.11. The van der Waals surface area contributed by atoms with E-state index in [0.717, 1.165) is 55.5 Å². The van der Waals surface area contributed by atoms with Gasteiger partial charge in [-0.05, 0) is 43.5 Å². The van der Waals surface area contributed by atoms with Crippen molar-refractivity contribution in [3.8, 4) is 6.07 Å². The number of carbonyl (C=O) groups is 1.